The molecule has 0 amide bonds. The predicted molar refractivity (Wildman–Crippen MR) is 72.0 cm³/mol. The zero-order valence-corrected chi connectivity index (χ0v) is 11.8. The second-order valence-electron chi connectivity index (χ2n) is 5.10. The van der Waals surface area contributed by atoms with Crippen molar-refractivity contribution in [1.82, 2.24) is 10.1 Å². The van der Waals surface area contributed by atoms with Crippen LogP contribution in [0.5, 0.6) is 0 Å². The van der Waals surface area contributed by atoms with Crippen molar-refractivity contribution in [3.8, 4) is 0 Å². The first kappa shape index (κ1) is 14.5. The minimum absolute atomic E-state index is 0.238. The monoisotopic (exact) mass is 257 g/mol. The maximum absolute atomic E-state index is 5.44. The molecule has 0 unspecified atom stereocenters. The van der Waals surface area contributed by atoms with Crippen LogP contribution in [0.3, 0.4) is 0 Å². The van der Waals surface area contributed by atoms with Crippen LogP contribution in [0.15, 0.2) is 4.52 Å². The Bertz CT molecular complexity index is 320. The van der Waals surface area contributed by atoms with Crippen LogP contribution < -0.4 is 5.73 Å². The SMILES string of the molecule is CC(C)(C)SCc1noc(CCCCCN)n1. The van der Waals surface area contributed by atoms with Crippen molar-refractivity contribution >= 4 is 11.8 Å². The van der Waals surface area contributed by atoms with Crippen LogP contribution in [0.1, 0.15) is 51.7 Å². The quantitative estimate of drug-likeness (QED) is 0.761. The third-order valence-electron chi connectivity index (χ3n) is 2.24. The summed E-state index contributed by atoms with van der Waals surface area (Å²) in [7, 11) is 0. The summed E-state index contributed by atoms with van der Waals surface area (Å²) < 4.78 is 5.44. The molecule has 0 saturated heterocycles. The molecule has 1 aromatic rings. The smallest absolute Gasteiger partial charge is 0.226 e. The molecule has 0 aromatic carbocycles. The molecule has 2 N–H and O–H groups in total. The van der Waals surface area contributed by atoms with Gasteiger partial charge in [0.1, 0.15) is 0 Å². The normalized spacial score (nSPS) is 12.0. The minimum atomic E-state index is 0.238. The number of aromatic nitrogens is 2. The van der Waals surface area contributed by atoms with E-state index in [4.69, 9.17) is 10.3 Å². The van der Waals surface area contributed by atoms with Gasteiger partial charge in [0.05, 0.1) is 5.75 Å². The van der Waals surface area contributed by atoms with E-state index in [1.54, 1.807) is 0 Å². The first-order valence-corrected chi connectivity index (χ1v) is 7.15. The molecule has 1 aromatic heterocycles. The molecule has 4 nitrogen and oxygen atoms in total. The maximum atomic E-state index is 5.44. The molecule has 0 aliphatic carbocycles. The summed E-state index contributed by atoms with van der Waals surface area (Å²) in [6, 6.07) is 0. The highest BCUT2D eigenvalue weighted by Crippen LogP contribution is 2.26. The minimum Gasteiger partial charge on any atom is -0.339 e. The van der Waals surface area contributed by atoms with E-state index in [9.17, 15) is 0 Å². The van der Waals surface area contributed by atoms with Crippen molar-refractivity contribution in [1.29, 1.82) is 0 Å². The Morgan fingerprint density at radius 3 is 2.65 bits per heavy atom. The molecular formula is C12H23N3OS. The molecule has 0 aliphatic heterocycles. The lowest BCUT2D eigenvalue weighted by Crippen LogP contribution is -2.07. The average molecular weight is 257 g/mol. The zero-order chi connectivity index (χ0) is 12.7. The standard InChI is InChI=1S/C12H23N3OS/c1-12(2,3)17-9-10-14-11(16-15-10)7-5-4-6-8-13/h4-9,13H2,1-3H3. The van der Waals surface area contributed by atoms with Gasteiger partial charge in [0.25, 0.3) is 0 Å². The van der Waals surface area contributed by atoms with Crippen molar-refractivity contribution in [3.05, 3.63) is 11.7 Å². The number of nitrogens with zero attached hydrogens (tertiary/aromatic N) is 2. The van der Waals surface area contributed by atoms with Crippen LogP contribution in [-0.2, 0) is 12.2 Å². The molecule has 17 heavy (non-hydrogen) atoms. The third-order valence-corrected chi connectivity index (χ3v) is 3.51. The van der Waals surface area contributed by atoms with Crippen molar-refractivity contribution in [2.45, 2.75) is 57.0 Å². The molecule has 0 aliphatic rings. The van der Waals surface area contributed by atoms with Gasteiger partial charge in [-0.25, -0.2) is 0 Å². The van der Waals surface area contributed by atoms with Gasteiger partial charge in [-0.15, -0.1) is 11.8 Å². The Hall–Kier alpha value is -0.550. The lowest BCUT2D eigenvalue weighted by Gasteiger charge is -2.15. The second kappa shape index (κ2) is 7.01. The van der Waals surface area contributed by atoms with E-state index in [2.05, 4.69) is 30.9 Å². The van der Waals surface area contributed by atoms with Crippen LogP contribution in [-0.4, -0.2) is 21.4 Å². The molecule has 98 valence electrons. The third kappa shape index (κ3) is 6.68. The molecule has 1 rings (SSSR count). The van der Waals surface area contributed by atoms with E-state index in [0.29, 0.717) is 0 Å². The second-order valence-corrected chi connectivity index (χ2v) is 6.91. The molecule has 5 heteroatoms. The summed E-state index contributed by atoms with van der Waals surface area (Å²) >= 11 is 1.83. The number of rotatable bonds is 7. The van der Waals surface area contributed by atoms with Crippen LogP contribution in [0, 0.1) is 0 Å². The lowest BCUT2D eigenvalue weighted by atomic mass is 10.2. The van der Waals surface area contributed by atoms with E-state index >= 15 is 0 Å². The summed E-state index contributed by atoms with van der Waals surface area (Å²) in [5.41, 5.74) is 5.44. The fraction of sp³-hybridized carbons (Fsp3) is 0.833. The first-order chi connectivity index (χ1) is 8.01. The summed E-state index contributed by atoms with van der Waals surface area (Å²) in [5, 5.41) is 3.99. The zero-order valence-electron chi connectivity index (χ0n) is 11.0. The van der Waals surface area contributed by atoms with Gasteiger partial charge in [0.15, 0.2) is 5.82 Å². The van der Waals surface area contributed by atoms with Crippen molar-refractivity contribution in [2.24, 2.45) is 5.73 Å². The number of thioether (sulfide) groups is 1. The highest BCUT2D eigenvalue weighted by Gasteiger charge is 2.13. The van der Waals surface area contributed by atoms with Crippen molar-refractivity contribution in [2.75, 3.05) is 6.54 Å². The van der Waals surface area contributed by atoms with Crippen LogP contribution in [0.4, 0.5) is 0 Å². The van der Waals surface area contributed by atoms with E-state index in [1.165, 1.54) is 0 Å². The van der Waals surface area contributed by atoms with E-state index < -0.39 is 0 Å². The molecule has 0 atom stereocenters. The van der Waals surface area contributed by atoms with Crippen LogP contribution in [0.25, 0.3) is 0 Å². The average Bonchev–Trinajstić information content (AvgIpc) is 2.69. The Labute approximate surface area is 108 Å². The first-order valence-electron chi connectivity index (χ1n) is 6.17. The highest BCUT2D eigenvalue weighted by molar-refractivity contribution is 7.99. The molecule has 0 fully saturated rings. The maximum Gasteiger partial charge on any atom is 0.226 e. The number of nitrogens with two attached hydrogens (primary N) is 1. The molecule has 0 saturated carbocycles. The summed E-state index contributed by atoms with van der Waals surface area (Å²) in [6.45, 7) is 7.32. The number of hydrogen-bond acceptors (Lipinski definition) is 5. The van der Waals surface area contributed by atoms with Gasteiger partial charge >= 0.3 is 0 Å². The van der Waals surface area contributed by atoms with E-state index in [-0.39, 0.29) is 4.75 Å². The molecule has 0 radical (unpaired) electrons. The fourth-order valence-electron chi connectivity index (χ4n) is 1.33. The Balaban J connectivity index is 2.28. The number of hydrogen-bond donors (Lipinski definition) is 1. The van der Waals surface area contributed by atoms with Crippen LogP contribution >= 0.6 is 11.8 Å². The summed E-state index contributed by atoms with van der Waals surface area (Å²) in [6.07, 6.45) is 4.14. The highest BCUT2D eigenvalue weighted by atomic mass is 32.2. The molecule has 1 heterocycles. The van der Waals surface area contributed by atoms with Gasteiger partial charge in [-0.1, -0.05) is 32.3 Å². The van der Waals surface area contributed by atoms with Gasteiger partial charge in [0.2, 0.25) is 5.89 Å². The summed E-state index contributed by atoms with van der Waals surface area (Å²) in [4.78, 5) is 4.38. The van der Waals surface area contributed by atoms with Gasteiger partial charge in [-0.3, -0.25) is 0 Å². The van der Waals surface area contributed by atoms with Crippen molar-refractivity contribution in [3.63, 3.8) is 0 Å². The Morgan fingerprint density at radius 1 is 1.24 bits per heavy atom. The van der Waals surface area contributed by atoms with Gasteiger partial charge < -0.3 is 10.3 Å². The fourth-order valence-corrected chi connectivity index (χ4v) is 2.01. The van der Waals surface area contributed by atoms with Gasteiger partial charge in [-0.05, 0) is 19.4 Å². The number of aryl methyl sites for hydroxylation is 1. The topological polar surface area (TPSA) is 64.9 Å². The molecular weight excluding hydrogens is 234 g/mol. The molecule has 0 bridgehead atoms. The Kier molecular flexibility index (Phi) is 5.98. The van der Waals surface area contributed by atoms with Crippen LogP contribution in [0.2, 0.25) is 0 Å². The number of unbranched alkanes of at least 4 members (excludes halogenated alkanes) is 2. The van der Waals surface area contributed by atoms with E-state index in [1.807, 2.05) is 11.8 Å². The summed E-state index contributed by atoms with van der Waals surface area (Å²) in [5.74, 6) is 2.38. The lowest BCUT2D eigenvalue weighted by molar-refractivity contribution is 0.370. The van der Waals surface area contributed by atoms with Gasteiger partial charge in [0, 0.05) is 11.2 Å². The van der Waals surface area contributed by atoms with Crippen molar-refractivity contribution < 1.29 is 4.52 Å². The Morgan fingerprint density at radius 2 is 2.00 bits per heavy atom. The largest absolute Gasteiger partial charge is 0.339 e. The predicted octanol–water partition coefficient (Wildman–Crippen LogP) is 2.77. The van der Waals surface area contributed by atoms with Gasteiger partial charge in [-0.2, -0.15) is 4.98 Å². The van der Waals surface area contributed by atoms with E-state index in [0.717, 1.165) is 49.7 Å². The molecule has 0 spiro atoms.